The van der Waals surface area contributed by atoms with E-state index in [-0.39, 0.29) is 17.8 Å². The van der Waals surface area contributed by atoms with Gasteiger partial charge in [0.05, 0.1) is 18.7 Å². The first-order valence-corrected chi connectivity index (χ1v) is 6.69. The number of nitrogens with zero attached hydrogens (tertiary/aromatic N) is 1. The zero-order valence-corrected chi connectivity index (χ0v) is 12.5. The van der Waals surface area contributed by atoms with E-state index >= 15 is 0 Å². The summed E-state index contributed by atoms with van der Waals surface area (Å²) in [6.45, 7) is 4.74. The van der Waals surface area contributed by atoms with Crippen molar-refractivity contribution >= 4 is 11.7 Å². The number of oxime groups is 1. The predicted octanol–water partition coefficient (Wildman–Crippen LogP) is 0.404. The number of benzene rings is 1. The minimum Gasteiger partial charge on any atom is -0.496 e. The van der Waals surface area contributed by atoms with Gasteiger partial charge in [0.1, 0.15) is 5.75 Å². The lowest BCUT2D eigenvalue weighted by Crippen LogP contribution is -2.41. The van der Waals surface area contributed by atoms with Crippen molar-refractivity contribution in [1.29, 1.82) is 0 Å². The summed E-state index contributed by atoms with van der Waals surface area (Å²) < 4.78 is 5.16. The number of likely N-dealkylation sites (N-methyl/N-ethyl adjacent to an activating group) is 1. The van der Waals surface area contributed by atoms with E-state index < -0.39 is 0 Å². The summed E-state index contributed by atoms with van der Waals surface area (Å²) in [6, 6.07) is 5.04. The van der Waals surface area contributed by atoms with Crippen LogP contribution in [0.2, 0.25) is 0 Å². The van der Waals surface area contributed by atoms with E-state index in [1.807, 2.05) is 13.0 Å². The van der Waals surface area contributed by atoms with Gasteiger partial charge in [-0.1, -0.05) is 11.2 Å². The molecular weight excluding hydrogens is 272 g/mol. The van der Waals surface area contributed by atoms with Gasteiger partial charge in [0, 0.05) is 13.1 Å². The van der Waals surface area contributed by atoms with Gasteiger partial charge in [-0.2, -0.15) is 0 Å². The Morgan fingerprint density at radius 3 is 2.81 bits per heavy atom. The van der Waals surface area contributed by atoms with E-state index in [1.165, 1.54) is 7.11 Å². The zero-order chi connectivity index (χ0) is 15.8. The second-order valence-electron chi connectivity index (χ2n) is 4.52. The molecule has 1 amide bonds. The molecule has 21 heavy (non-hydrogen) atoms. The molecule has 0 aliphatic rings. The quantitative estimate of drug-likeness (QED) is 0.252. The number of carbonyl (C=O) groups is 1. The molecule has 0 bridgehead atoms. The highest BCUT2D eigenvalue weighted by Crippen LogP contribution is 2.19. The van der Waals surface area contributed by atoms with Crippen LogP contribution < -0.4 is 21.1 Å². The fourth-order valence-electron chi connectivity index (χ4n) is 1.81. The molecule has 1 atom stereocenters. The van der Waals surface area contributed by atoms with E-state index in [2.05, 4.69) is 15.8 Å². The van der Waals surface area contributed by atoms with Gasteiger partial charge in [0.25, 0.3) is 0 Å². The molecule has 0 spiro atoms. The largest absolute Gasteiger partial charge is 0.496 e. The molecule has 1 aromatic carbocycles. The number of hydrogen-bond acceptors (Lipinski definition) is 5. The van der Waals surface area contributed by atoms with Gasteiger partial charge in [-0.25, -0.2) is 0 Å². The second kappa shape index (κ2) is 8.11. The van der Waals surface area contributed by atoms with Crippen LogP contribution in [0.3, 0.4) is 0 Å². The molecule has 1 unspecified atom stereocenters. The molecule has 0 aliphatic heterocycles. The summed E-state index contributed by atoms with van der Waals surface area (Å²) in [5.41, 5.74) is 7.02. The van der Waals surface area contributed by atoms with E-state index in [1.54, 1.807) is 19.1 Å². The molecule has 0 aromatic heterocycles. The maximum Gasteiger partial charge on any atom is 0.236 e. The number of rotatable bonds is 7. The number of hydrogen-bond donors (Lipinski definition) is 4. The third-order valence-corrected chi connectivity index (χ3v) is 3.00. The Morgan fingerprint density at radius 2 is 2.24 bits per heavy atom. The van der Waals surface area contributed by atoms with E-state index in [0.717, 1.165) is 5.56 Å². The van der Waals surface area contributed by atoms with E-state index in [0.29, 0.717) is 24.4 Å². The highest BCUT2D eigenvalue weighted by atomic mass is 16.5. The van der Waals surface area contributed by atoms with Gasteiger partial charge < -0.3 is 26.3 Å². The van der Waals surface area contributed by atoms with Crippen molar-refractivity contribution in [2.45, 2.75) is 26.4 Å². The average molecular weight is 294 g/mol. The summed E-state index contributed by atoms with van der Waals surface area (Å²) >= 11 is 0. The summed E-state index contributed by atoms with van der Waals surface area (Å²) in [4.78, 5) is 11.6. The number of methoxy groups -OCH3 is 1. The van der Waals surface area contributed by atoms with Crippen molar-refractivity contribution in [2.75, 3.05) is 13.7 Å². The summed E-state index contributed by atoms with van der Waals surface area (Å²) in [5.74, 6) is 0.443. The molecule has 1 rings (SSSR count). The Labute approximate surface area is 124 Å². The standard InChI is InChI=1S/C14H22N4O3/c1-4-16-14(19)9(2)17-8-10-5-6-12(21-3)11(7-10)13(15)18-20/h5-7,9,17,20H,4,8H2,1-3H3,(H2,15,18)(H,16,19). The lowest BCUT2D eigenvalue weighted by atomic mass is 10.1. The molecule has 0 heterocycles. The van der Waals surface area contributed by atoms with Crippen LogP contribution in [0.1, 0.15) is 25.0 Å². The Kier molecular flexibility index (Phi) is 6.48. The molecule has 0 saturated heterocycles. The number of ether oxygens (including phenoxy) is 1. The average Bonchev–Trinajstić information content (AvgIpc) is 2.51. The van der Waals surface area contributed by atoms with Crippen molar-refractivity contribution in [1.82, 2.24) is 10.6 Å². The molecular formula is C14H22N4O3. The van der Waals surface area contributed by atoms with Gasteiger partial charge in [0.15, 0.2) is 5.84 Å². The Bertz CT molecular complexity index is 517. The smallest absolute Gasteiger partial charge is 0.236 e. The lowest BCUT2D eigenvalue weighted by Gasteiger charge is -2.14. The number of carbonyl (C=O) groups excluding carboxylic acids is 1. The summed E-state index contributed by atoms with van der Waals surface area (Å²) in [5, 5.41) is 17.6. The third-order valence-electron chi connectivity index (χ3n) is 3.00. The fourth-order valence-corrected chi connectivity index (χ4v) is 1.81. The van der Waals surface area contributed by atoms with Crippen molar-refractivity contribution < 1.29 is 14.7 Å². The molecule has 7 nitrogen and oxygen atoms in total. The SMILES string of the molecule is CCNC(=O)C(C)NCc1ccc(OC)c(C(N)=NO)c1. The highest BCUT2D eigenvalue weighted by Gasteiger charge is 2.12. The van der Waals surface area contributed by atoms with Crippen LogP contribution in [0.4, 0.5) is 0 Å². The van der Waals surface area contributed by atoms with Crippen LogP contribution in [0.5, 0.6) is 5.75 Å². The Hall–Kier alpha value is -2.28. The topological polar surface area (TPSA) is 109 Å². The van der Waals surface area contributed by atoms with Crippen LogP contribution in [-0.4, -0.2) is 36.6 Å². The predicted molar refractivity (Wildman–Crippen MR) is 80.5 cm³/mol. The first-order chi connectivity index (χ1) is 10.0. The summed E-state index contributed by atoms with van der Waals surface area (Å²) in [6.07, 6.45) is 0. The van der Waals surface area contributed by atoms with Crippen LogP contribution >= 0.6 is 0 Å². The number of amides is 1. The Balaban J connectivity index is 2.79. The van der Waals surface area contributed by atoms with E-state index in [9.17, 15) is 4.79 Å². The normalized spacial score (nSPS) is 12.8. The maximum absolute atomic E-state index is 11.6. The zero-order valence-electron chi connectivity index (χ0n) is 12.5. The molecule has 0 saturated carbocycles. The fraction of sp³-hybridized carbons (Fsp3) is 0.429. The lowest BCUT2D eigenvalue weighted by molar-refractivity contribution is -0.122. The number of nitrogens with two attached hydrogens (primary N) is 1. The molecule has 0 radical (unpaired) electrons. The third kappa shape index (κ3) is 4.64. The van der Waals surface area contributed by atoms with Crippen molar-refractivity contribution in [2.24, 2.45) is 10.9 Å². The first kappa shape index (κ1) is 16.8. The minimum absolute atomic E-state index is 0.0227. The van der Waals surface area contributed by atoms with Gasteiger partial charge in [-0.15, -0.1) is 0 Å². The van der Waals surface area contributed by atoms with E-state index in [4.69, 9.17) is 15.7 Å². The van der Waals surface area contributed by atoms with Crippen LogP contribution in [0.15, 0.2) is 23.4 Å². The van der Waals surface area contributed by atoms with Gasteiger partial charge >= 0.3 is 0 Å². The maximum atomic E-state index is 11.6. The van der Waals surface area contributed by atoms with Crippen molar-refractivity contribution in [3.05, 3.63) is 29.3 Å². The van der Waals surface area contributed by atoms with Crippen molar-refractivity contribution in [3.63, 3.8) is 0 Å². The molecule has 5 N–H and O–H groups in total. The van der Waals surface area contributed by atoms with Crippen LogP contribution in [-0.2, 0) is 11.3 Å². The Morgan fingerprint density at radius 1 is 1.52 bits per heavy atom. The molecule has 7 heteroatoms. The monoisotopic (exact) mass is 294 g/mol. The number of amidine groups is 1. The van der Waals surface area contributed by atoms with Crippen molar-refractivity contribution in [3.8, 4) is 5.75 Å². The minimum atomic E-state index is -0.306. The number of nitrogens with one attached hydrogen (secondary N) is 2. The molecule has 0 aliphatic carbocycles. The van der Waals surface area contributed by atoms with Gasteiger partial charge in [-0.05, 0) is 31.5 Å². The first-order valence-electron chi connectivity index (χ1n) is 6.69. The van der Waals surface area contributed by atoms with Crippen LogP contribution in [0, 0.1) is 0 Å². The van der Waals surface area contributed by atoms with Crippen LogP contribution in [0.25, 0.3) is 0 Å². The van der Waals surface area contributed by atoms with Gasteiger partial charge in [-0.3, -0.25) is 4.79 Å². The molecule has 1 aromatic rings. The second-order valence-corrected chi connectivity index (χ2v) is 4.52. The molecule has 116 valence electrons. The summed E-state index contributed by atoms with van der Waals surface area (Å²) in [7, 11) is 1.51. The highest BCUT2D eigenvalue weighted by molar-refractivity contribution is 5.99. The molecule has 0 fully saturated rings. The van der Waals surface area contributed by atoms with Gasteiger partial charge in [0.2, 0.25) is 5.91 Å².